The zero-order valence-corrected chi connectivity index (χ0v) is 19.3. The minimum atomic E-state index is -4.05. The van der Waals surface area contributed by atoms with E-state index in [2.05, 4.69) is 21.3 Å². The second-order valence-electron chi connectivity index (χ2n) is 6.69. The number of hydrogen-bond acceptors (Lipinski definition) is 6. The third-order valence-corrected chi connectivity index (χ3v) is 7.24. The van der Waals surface area contributed by atoms with Crippen molar-refractivity contribution in [2.45, 2.75) is 9.79 Å². The number of anilines is 1. The van der Waals surface area contributed by atoms with Gasteiger partial charge in [-0.15, -0.1) is 0 Å². The number of sulfonamides is 2. The molecule has 0 aliphatic heterocycles. The van der Waals surface area contributed by atoms with Gasteiger partial charge in [-0.3, -0.25) is 4.72 Å². The van der Waals surface area contributed by atoms with Gasteiger partial charge in [-0.25, -0.2) is 26.4 Å². The Morgan fingerprint density at radius 3 is 2.00 bits per heavy atom. The summed E-state index contributed by atoms with van der Waals surface area (Å²) in [4.78, 5) is 11.3. The fourth-order valence-electron chi connectivity index (χ4n) is 2.79. The second kappa shape index (κ2) is 9.87. The molecule has 33 heavy (non-hydrogen) atoms. The summed E-state index contributed by atoms with van der Waals surface area (Å²) in [6.45, 7) is 0. The van der Waals surface area contributed by atoms with E-state index in [9.17, 15) is 21.6 Å². The largest absolute Gasteiger partial charge is 0.465 e. The Morgan fingerprint density at radius 2 is 1.36 bits per heavy atom. The second-order valence-corrected chi connectivity index (χ2v) is 10.3. The molecule has 0 saturated carbocycles. The Bertz CT molecular complexity index is 1470. The van der Waals surface area contributed by atoms with Gasteiger partial charge in [0.05, 0.1) is 28.2 Å². The molecule has 0 amide bonds. The van der Waals surface area contributed by atoms with Crippen molar-refractivity contribution in [3.05, 3.63) is 89.5 Å². The fraction of sp³-hybridized carbons (Fsp3) is 0.0870. The monoisotopic (exact) mass is 484 g/mol. The third kappa shape index (κ3) is 5.98. The van der Waals surface area contributed by atoms with Crippen LogP contribution in [0.15, 0.2) is 82.6 Å². The summed E-state index contributed by atoms with van der Waals surface area (Å²) in [5, 5.41) is 0. The topological polar surface area (TPSA) is 119 Å². The van der Waals surface area contributed by atoms with Crippen LogP contribution < -0.4 is 9.44 Å². The number of esters is 1. The molecule has 0 unspecified atom stereocenters. The number of benzene rings is 3. The minimum absolute atomic E-state index is 0.165. The molecule has 0 aliphatic rings. The predicted octanol–water partition coefficient (Wildman–Crippen LogP) is 2.58. The molecule has 3 aromatic rings. The smallest absolute Gasteiger partial charge is 0.337 e. The SMILES string of the molecule is CNS(=O)(=O)c1cccc(S(=O)(=O)Nc2cccc(C#Cc3cccc(C(=O)OC)c3)c2)c1. The van der Waals surface area contributed by atoms with Crippen LogP contribution in [0.25, 0.3) is 0 Å². The molecular formula is C23H20N2O6S2. The molecule has 0 aliphatic carbocycles. The van der Waals surface area contributed by atoms with E-state index in [1.165, 1.54) is 32.4 Å². The lowest BCUT2D eigenvalue weighted by atomic mass is 10.1. The first-order valence-corrected chi connectivity index (χ1v) is 12.5. The number of rotatable bonds is 6. The molecule has 0 atom stereocenters. The van der Waals surface area contributed by atoms with Gasteiger partial charge in [0, 0.05) is 11.1 Å². The molecule has 0 aromatic heterocycles. The molecule has 0 saturated heterocycles. The van der Waals surface area contributed by atoms with Crippen molar-refractivity contribution in [2.24, 2.45) is 0 Å². The molecule has 0 heterocycles. The fourth-order valence-corrected chi connectivity index (χ4v) is 4.73. The quantitative estimate of drug-likeness (QED) is 0.410. The molecule has 3 rings (SSSR count). The lowest BCUT2D eigenvalue weighted by molar-refractivity contribution is 0.0600. The third-order valence-electron chi connectivity index (χ3n) is 4.44. The average Bonchev–Trinajstić information content (AvgIpc) is 2.82. The van der Waals surface area contributed by atoms with Crippen LogP contribution in [0.4, 0.5) is 5.69 Å². The van der Waals surface area contributed by atoms with Crippen LogP contribution in [0.3, 0.4) is 0 Å². The van der Waals surface area contributed by atoms with Gasteiger partial charge < -0.3 is 4.74 Å². The molecule has 0 bridgehead atoms. The molecule has 2 N–H and O–H groups in total. The van der Waals surface area contributed by atoms with Crippen molar-refractivity contribution >= 4 is 31.7 Å². The number of carbonyl (C=O) groups excluding carboxylic acids is 1. The standard InChI is InChI=1S/C23H20N2O6S2/c1-24-32(27,28)21-10-5-11-22(16-21)33(29,30)25-20-9-4-7-18(15-20)13-12-17-6-3-8-19(14-17)23(26)31-2/h3-11,14-16,24-25H,1-2H3. The summed E-state index contributed by atoms with van der Waals surface area (Å²) in [5.41, 5.74) is 1.75. The molecule has 8 nitrogen and oxygen atoms in total. The van der Waals surface area contributed by atoms with Crippen LogP contribution in [-0.2, 0) is 24.8 Å². The van der Waals surface area contributed by atoms with Gasteiger partial charge in [0.25, 0.3) is 10.0 Å². The maximum atomic E-state index is 12.8. The maximum absolute atomic E-state index is 12.8. The summed E-state index contributed by atoms with van der Waals surface area (Å²) in [7, 11) is -5.30. The lowest BCUT2D eigenvalue weighted by Crippen LogP contribution is -2.19. The van der Waals surface area contributed by atoms with Crippen LogP contribution in [0, 0.1) is 11.8 Å². The molecule has 0 radical (unpaired) electrons. The highest BCUT2D eigenvalue weighted by atomic mass is 32.2. The molecule has 0 spiro atoms. The average molecular weight is 485 g/mol. The van der Waals surface area contributed by atoms with Crippen LogP contribution >= 0.6 is 0 Å². The van der Waals surface area contributed by atoms with Crippen molar-refractivity contribution in [1.82, 2.24) is 4.72 Å². The first-order chi connectivity index (χ1) is 15.6. The normalized spacial score (nSPS) is 11.2. The highest BCUT2D eigenvalue weighted by molar-refractivity contribution is 7.93. The minimum Gasteiger partial charge on any atom is -0.465 e. The van der Waals surface area contributed by atoms with Crippen molar-refractivity contribution in [3.63, 3.8) is 0 Å². The maximum Gasteiger partial charge on any atom is 0.337 e. The lowest BCUT2D eigenvalue weighted by Gasteiger charge is -2.10. The highest BCUT2D eigenvalue weighted by Crippen LogP contribution is 2.20. The van der Waals surface area contributed by atoms with Gasteiger partial charge in [-0.2, -0.15) is 0 Å². The van der Waals surface area contributed by atoms with Gasteiger partial charge >= 0.3 is 5.97 Å². The number of nitrogens with one attached hydrogen (secondary N) is 2. The summed E-state index contributed by atoms with van der Waals surface area (Å²) in [6.07, 6.45) is 0. The van der Waals surface area contributed by atoms with Gasteiger partial charge in [-0.1, -0.05) is 30.0 Å². The Morgan fingerprint density at radius 1 is 0.788 bits per heavy atom. The van der Waals surface area contributed by atoms with Gasteiger partial charge in [0.15, 0.2) is 0 Å². The Hall–Kier alpha value is -3.65. The number of ether oxygens (including phenoxy) is 1. The van der Waals surface area contributed by atoms with E-state index in [1.54, 1.807) is 48.5 Å². The summed E-state index contributed by atoms with van der Waals surface area (Å²) in [5.74, 6) is 5.38. The zero-order chi connectivity index (χ0) is 24.1. The molecule has 3 aromatic carbocycles. The molecule has 10 heteroatoms. The Labute approximate surface area is 192 Å². The van der Waals surface area contributed by atoms with Crippen LogP contribution in [0.5, 0.6) is 0 Å². The van der Waals surface area contributed by atoms with Crippen LogP contribution in [-0.4, -0.2) is 37.0 Å². The number of methoxy groups -OCH3 is 1. The summed E-state index contributed by atoms with van der Waals surface area (Å²) in [6, 6.07) is 18.1. The zero-order valence-electron chi connectivity index (χ0n) is 17.7. The first-order valence-electron chi connectivity index (χ1n) is 9.51. The first kappa shape index (κ1) is 24.0. The van der Waals surface area contributed by atoms with Gasteiger partial charge in [-0.05, 0) is 61.6 Å². The van der Waals surface area contributed by atoms with E-state index >= 15 is 0 Å². The van der Waals surface area contributed by atoms with Crippen molar-refractivity contribution in [3.8, 4) is 11.8 Å². The van der Waals surface area contributed by atoms with E-state index in [-0.39, 0.29) is 15.5 Å². The van der Waals surface area contributed by atoms with Gasteiger partial charge in [0.2, 0.25) is 10.0 Å². The van der Waals surface area contributed by atoms with Crippen molar-refractivity contribution < 1.29 is 26.4 Å². The van der Waals surface area contributed by atoms with E-state index in [0.29, 0.717) is 16.7 Å². The molecular weight excluding hydrogens is 464 g/mol. The Balaban J connectivity index is 1.85. The molecule has 170 valence electrons. The van der Waals surface area contributed by atoms with Crippen molar-refractivity contribution in [2.75, 3.05) is 18.9 Å². The number of hydrogen-bond donors (Lipinski definition) is 2. The van der Waals surface area contributed by atoms with Crippen LogP contribution in [0.1, 0.15) is 21.5 Å². The molecule has 0 fully saturated rings. The van der Waals surface area contributed by atoms with E-state index in [1.807, 2.05) is 0 Å². The predicted molar refractivity (Wildman–Crippen MR) is 124 cm³/mol. The summed E-state index contributed by atoms with van der Waals surface area (Å²) < 4.78 is 58.8. The van der Waals surface area contributed by atoms with Crippen molar-refractivity contribution in [1.29, 1.82) is 0 Å². The number of carbonyl (C=O) groups is 1. The van der Waals surface area contributed by atoms with E-state index in [0.717, 1.165) is 6.07 Å². The van der Waals surface area contributed by atoms with E-state index < -0.39 is 26.0 Å². The van der Waals surface area contributed by atoms with E-state index in [4.69, 9.17) is 4.74 Å². The summed E-state index contributed by atoms with van der Waals surface area (Å²) >= 11 is 0. The Kier molecular flexibility index (Phi) is 7.18. The highest BCUT2D eigenvalue weighted by Gasteiger charge is 2.18. The van der Waals surface area contributed by atoms with Gasteiger partial charge in [0.1, 0.15) is 0 Å². The van der Waals surface area contributed by atoms with Crippen LogP contribution in [0.2, 0.25) is 0 Å².